The number of rotatable bonds is 2. The second-order valence-electron chi connectivity index (χ2n) is 8.08. The Morgan fingerprint density at radius 1 is 0.718 bits per heavy atom. The number of halogens is 4. The summed E-state index contributed by atoms with van der Waals surface area (Å²) >= 11 is 11.2. The minimum absolute atomic E-state index is 0.750. The molecule has 0 atom stereocenters. The fourth-order valence-electron chi connectivity index (χ4n) is 2.57. The molecule has 6 nitrogen and oxygen atoms in total. The molecule has 10 heteroatoms. The molecule has 0 aliphatic carbocycles. The Labute approximate surface area is 277 Å². The number of aliphatic imine (C=N–C) groups is 5. The lowest BCUT2D eigenvalue weighted by molar-refractivity contribution is -0.106. The van der Waals surface area contributed by atoms with Gasteiger partial charge in [0.15, 0.2) is 0 Å². The van der Waals surface area contributed by atoms with Gasteiger partial charge in [0.2, 0.25) is 0 Å². The van der Waals surface area contributed by atoms with Crippen molar-refractivity contribution in [2.24, 2.45) is 25.0 Å². The lowest BCUT2D eigenvalue weighted by Crippen LogP contribution is -1.83. The van der Waals surface area contributed by atoms with E-state index in [2.05, 4.69) is 121 Å². The highest BCUT2D eigenvalue weighted by atomic mass is 127. The van der Waals surface area contributed by atoms with Crippen molar-refractivity contribution in [1.82, 2.24) is 0 Å². The lowest BCUT2D eigenvalue weighted by Gasteiger charge is -1.84. The first-order valence-electron chi connectivity index (χ1n) is 12.0. The van der Waals surface area contributed by atoms with E-state index in [1.165, 1.54) is 35.7 Å². The van der Waals surface area contributed by atoms with Crippen molar-refractivity contribution in [2.45, 2.75) is 59.8 Å². The first-order chi connectivity index (χ1) is 18.5. The molecule has 0 aromatic rings. The van der Waals surface area contributed by atoms with Crippen molar-refractivity contribution in [3.8, 4) is 0 Å². The zero-order valence-corrected chi connectivity index (χ0v) is 30.3. The molecule has 0 radical (unpaired) electrons. The predicted molar refractivity (Wildman–Crippen MR) is 197 cm³/mol. The maximum Gasteiger partial charge on any atom is 0.116 e. The smallest absolute Gasteiger partial charge is 0.116 e. The van der Waals surface area contributed by atoms with Crippen LogP contribution in [0.15, 0.2) is 103 Å². The van der Waals surface area contributed by atoms with Crippen LogP contribution in [0.1, 0.15) is 59.8 Å². The number of carbonyl (C=O) groups excluding carboxylic acids is 1. The van der Waals surface area contributed by atoms with Crippen LogP contribution in [0, 0.1) is 0 Å². The summed E-state index contributed by atoms with van der Waals surface area (Å²) in [6.45, 7) is 14.7. The SMILES string of the molecule is C=CC1=NC=C(Br)C1.C=CC1=NC=C(I)C1.CC1=NC=C(Br)C1.CC1=NC=C(I)C1.CC1=NC=CC1.CC=O. The third-order valence-electron chi connectivity index (χ3n) is 4.43. The number of carbonyl (C=O) groups is 1. The molecular weight excluding hydrogens is 848 g/mol. The van der Waals surface area contributed by atoms with Crippen LogP contribution in [0.5, 0.6) is 0 Å². The van der Waals surface area contributed by atoms with Crippen molar-refractivity contribution in [3.63, 3.8) is 0 Å². The Morgan fingerprint density at radius 3 is 1.36 bits per heavy atom. The van der Waals surface area contributed by atoms with E-state index in [1.54, 1.807) is 18.4 Å². The second-order valence-corrected chi connectivity index (χ2v) is 12.9. The van der Waals surface area contributed by atoms with Crippen LogP contribution in [-0.2, 0) is 4.79 Å². The van der Waals surface area contributed by atoms with E-state index < -0.39 is 0 Å². The average molecular weight is 883 g/mol. The molecule has 5 rings (SSSR count). The molecule has 0 fully saturated rings. The lowest BCUT2D eigenvalue weighted by atomic mass is 10.3. The highest BCUT2D eigenvalue weighted by molar-refractivity contribution is 14.1. The molecular formula is C29H35Br2I2N5O. The van der Waals surface area contributed by atoms with E-state index in [-0.39, 0.29) is 0 Å². The van der Waals surface area contributed by atoms with Gasteiger partial charge in [-0.25, -0.2) is 0 Å². The molecule has 5 aliphatic rings. The van der Waals surface area contributed by atoms with Gasteiger partial charge >= 0.3 is 0 Å². The van der Waals surface area contributed by atoms with Crippen LogP contribution in [-0.4, -0.2) is 34.8 Å². The first kappa shape index (κ1) is 37.6. The van der Waals surface area contributed by atoms with Gasteiger partial charge in [-0.3, -0.25) is 25.0 Å². The third-order valence-corrected chi connectivity index (χ3v) is 6.72. The molecule has 5 aliphatic heterocycles. The van der Waals surface area contributed by atoms with Gasteiger partial charge in [0, 0.05) is 108 Å². The van der Waals surface area contributed by atoms with Gasteiger partial charge < -0.3 is 4.79 Å². The fourth-order valence-corrected chi connectivity index (χ4v) is 4.69. The largest absolute Gasteiger partial charge is 0.304 e. The predicted octanol–water partition coefficient (Wildman–Crippen LogP) is 10.3. The zero-order chi connectivity index (χ0) is 29.6. The van der Waals surface area contributed by atoms with Crippen LogP contribution < -0.4 is 0 Å². The summed E-state index contributed by atoms with van der Waals surface area (Å²) in [6, 6.07) is 0. The Bertz CT molecular complexity index is 1060. The Kier molecular flexibility index (Phi) is 22.5. The van der Waals surface area contributed by atoms with E-state index >= 15 is 0 Å². The van der Waals surface area contributed by atoms with Crippen molar-refractivity contribution >= 4 is 112 Å². The summed E-state index contributed by atoms with van der Waals surface area (Å²) in [4.78, 5) is 29.0. The van der Waals surface area contributed by atoms with Crippen LogP contribution in [0.2, 0.25) is 0 Å². The molecule has 0 saturated carbocycles. The minimum Gasteiger partial charge on any atom is -0.304 e. The maximum absolute atomic E-state index is 8.81. The molecule has 210 valence electrons. The van der Waals surface area contributed by atoms with Crippen LogP contribution in [0.3, 0.4) is 0 Å². The normalized spacial score (nSPS) is 17.3. The molecule has 0 saturated heterocycles. The second kappa shape index (κ2) is 23.3. The van der Waals surface area contributed by atoms with Gasteiger partial charge in [-0.15, -0.1) is 0 Å². The van der Waals surface area contributed by atoms with E-state index in [9.17, 15) is 0 Å². The molecule has 0 aromatic carbocycles. The fraction of sp³-hybridized carbons (Fsp3) is 0.310. The minimum atomic E-state index is 0.750. The summed E-state index contributed by atoms with van der Waals surface area (Å²) in [5.41, 5.74) is 5.75. The van der Waals surface area contributed by atoms with Crippen molar-refractivity contribution in [1.29, 1.82) is 0 Å². The average Bonchev–Trinajstić information content (AvgIpc) is 3.73. The third kappa shape index (κ3) is 21.1. The number of nitrogens with zero attached hydrogens (tertiary/aromatic N) is 5. The van der Waals surface area contributed by atoms with Crippen molar-refractivity contribution in [2.75, 3.05) is 0 Å². The monoisotopic (exact) mass is 881 g/mol. The molecule has 0 aromatic heterocycles. The maximum atomic E-state index is 8.81. The standard InChI is InChI=1S/C6H6BrN.C6H6IN.C5H6BrN.C5H6IN.C5H7N.C2H4O/c2*1-2-6-3-5(7)4-8-6;2*1-4-2-5(6)3-7-4;1-5-3-2-4-6-5;1-2-3/h2*2,4H,1,3H2;2*3H,2H2,1H3;2,4H,3H2,1H3;2H,1H3. The number of hydrogen-bond acceptors (Lipinski definition) is 6. The Balaban J connectivity index is 0.000000453. The first-order valence-corrected chi connectivity index (χ1v) is 15.7. The van der Waals surface area contributed by atoms with Gasteiger partial charge in [-0.2, -0.15) is 0 Å². The van der Waals surface area contributed by atoms with Crippen molar-refractivity contribution in [3.05, 3.63) is 78.5 Å². The summed E-state index contributed by atoms with van der Waals surface area (Å²) in [5, 5.41) is 0. The summed E-state index contributed by atoms with van der Waals surface area (Å²) in [7, 11) is 0. The summed E-state index contributed by atoms with van der Waals surface area (Å²) in [6.07, 6.45) is 20.6. The topological polar surface area (TPSA) is 78.9 Å². The van der Waals surface area contributed by atoms with Crippen LogP contribution >= 0.6 is 77.0 Å². The van der Waals surface area contributed by atoms with Gasteiger partial charge in [0.05, 0.1) is 0 Å². The summed E-state index contributed by atoms with van der Waals surface area (Å²) in [5.74, 6) is 0. The van der Waals surface area contributed by atoms with Crippen LogP contribution in [0.25, 0.3) is 0 Å². The molecule has 0 unspecified atom stereocenters. The van der Waals surface area contributed by atoms with E-state index in [0.717, 1.165) is 54.3 Å². The number of allylic oxidation sites excluding steroid dienone is 7. The highest BCUT2D eigenvalue weighted by Crippen LogP contribution is 2.19. The molecule has 0 N–H and O–H groups in total. The number of hydrogen-bond donors (Lipinski definition) is 0. The molecule has 0 spiro atoms. The molecule has 0 amide bonds. The van der Waals surface area contributed by atoms with E-state index in [1.807, 2.05) is 45.6 Å². The van der Waals surface area contributed by atoms with Gasteiger partial charge in [0.1, 0.15) is 6.29 Å². The number of aldehydes is 1. The van der Waals surface area contributed by atoms with Gasteiger partial charge in [-0.05, 0) is 85.0 Å². The van der Waals surface area contributed by atoms with E-state index in [0.29, 0.717) is 0 Å². The van der Waals surface area contributed by atoms with E-state index in [4.69, 9.17) is 4.79 Å². The quantitative estimate of drug-likeness (QED) is 0.201. The molecule has 0 bridgehead atoms. The van der Waals surface area contributed by atoms with Crippen LogP contribution in [0.4, 0.5) is 0 Å². The Morgan fingerprint density at radius 2 is 1.18 bits per heavy atom. The summed E-state index contributed by atoms with van der Waals surface area (Å²) < 4.78 is 4.95. The zero-order valence-electron chi connectivity index (χ0n) is 22.8. The Hall–Kier alpha value is -1.38. The van der Waals surface area contributed by atoms with Crippen molar-refractivity contribution < 1.29 is 4.79 Å². The van der Waals surface area contributed by atoms with Gasteiger partial charge in [0.25, 0.3) is 0 Å². The highest BCUT2D eigenvalue weighted by Gasteiger charge is 2.03. The molecule has 5 heterocycles. The molecule has 39 heavy (non-hydrogen) atoms. The van der Waals surface area contributed by atoms with Gasteiger partial charge in [-0.1, -0.05) is 51.1 Å².